The highest BCUT2D eigenvalue weighted by Crippen LogP contribution is 2.52. The van der Waals surface area contributed by atoms with Crippen LogP contribution < -0.4 is 10.1 Å². The number of methoxy groups -OCH3 is 1. The number of hydrogen-bond donors (Lipinski definition) is 6. The molecular weight excluding hydrogens is 590 g/mol. The van der Waals surface area contributed by atoms with E-state index in [0.29, 0.717) is 0 Å². The summed E-state index contributed by atoms with van der Waals surface area (Å²) in [4.78, 5) is 52.0. The maximum absolute atomic E-state index is 13.7. The van der Waals surface area contributed by atoms with E-state index < -0.39 is 102 Å². The molecule has 3 aliphatic rings. The lowest BCUT2D eigenvalue weighted by Gasteiger charge is -2.42. The molecule has 230 valence electrons. The molecule has 13 nitrogen and oxygen atoms in total. The number of aromatic hydroxyl groups is 2. The van der Waals surface area contributed by atoms with Gasteiger partial charge in [0.2, 0.25) is 11.7 Å². The number of rotatable bonds is 7. The van der Waals surface area contributed by atoms with Gasteiger partial charge in [-0.05, 0) is 13.0 Å². The van der Waals surface area contributed by atoms with E-state index in [4.69, 9.17) is 25.8 Å². The molecule has 0 unspecified atom stereocenters. The molecule has 2 aromatic rings. The van der Waals surface area contributed by atoms with Crippen LogP contribution in [0.25, 0.3) is 0 Å². The van der Waals surface area contributed by atoms with Gasteiger partial charge in [-0.2, -0.15) is 0 Å². The minimum atomic E-state index is -2.31. The molecule has 14 heteroatoms. The Morgan fingerprint density at radius 2 is 1.84 bits per heavy atom. The minimum absolute atomic E-state index is 0.0713. The summed E-state index contributed by atoms with van der Waals surface area (Å²) in [5.74, 6) is -4.92. The number of phenolic OH excluding ortho intramolecular Hbond substituents is 2. The molecule has 43 heavy (non-hydrogen) atoms. The first-order chi connectivity index (χ1) is 20.4. The number of amides is 1. The van der Waals surface area contributed by atoms with Gasteiger partial charge in [-0.3, -0.25) is 19.2 Å². The Morgan fingerprint density at radius 3 is 2.49 bits per heavy atom. The van der Waals surface area contributed by atoms with E-state index in [0.717, 1.165) is 0 Å². The number of hydrogen-bond acceptors (Lipinski definition) is 12. The van der Waals surface area contributed by atoms with E-state index in [1.807, 2.05) is 0 Å². The van der Waals surface area contributed by atoms with Crippen LogP contribution in [-0.4, -0.2) is 98.5 Å². The number of phenols is 2. The van der Waals surface area contributed by atoms with Gasteiger partial charge in [0.1, 0.15) is 41.4 Å². The summed E-state index contributed by atoms with van der Waals surface area (Å²) in [6.45, 7) is 0.464. The summed E-state index contributed by atoms with van der Waals surface area (Å²) in [5, 5.41) is 57.0. The zero-order valence-corrected chi connectivity index (χ0v) is 23.9. The SMILES string of the molecule is COc1cccc2c1C(=O)c1c(O)c3c(c(O)c1C2=O)C[C@](O)(C(=O)CO)C[C@@H]3O[C@H]1C[C@H](NC(=O)CCl)[C@H](O)[C@H](C)O1. The predicted octanol–water partition coefficient (Wildman–Crippen LogP) is 0.398. The summed E-state index contributed by atoms with van der Waals surface area (Å²) in [7, 11) is 1.31. The summed E-state index contributed by atoms with van der Waals surface area (Å²) in [5.41, 5.74) is -3.93. The van der Waals surface area contributed by atoms with E-state index in [9.17, 15) is 44.7 Å². The van der Waals surface area contributed by atoms with Crippen molar-refractivity contribution in [1.82, 2.24) is 5.32 Å². The topological polar surface area (TPSA) is 209 Å². The maximum Gasteiger partial charge on any atom is 0.235 e. The second kappa shape index (κ2) is 11.5. The van der Waals surface area contributed by atoms with Crippen LogP contribution in [0.2, 0.25) is 0 Å². The highest BCUT2D eigenvalue weighted by molar-refractivity contribution is 6.31. The molecule has 1 saturated heterocycles. The first-order valence-corrected chi connectivity index (χ1v) is 14.0. The van der Waals surface area contributed by atoms with Crippen LogP contribution in [0.5, 0.6) is 17.2 Å². The van der Waals surface area contributed by atoms with Crippen molar-refractivity contribution < 1.29 is 58.9 Å². The standard InChI is InChI=1S/C29H30ClNO12/c1-11-24(35)14(31-18(34)9-30)6-19(42-11)43-16-8-29(40,17(33)10-32)7-13-21(16)28(39)23-22(26(13)37)25(36)12-4-3-5-15(41-2)20(12)27(23)38/h3-5,11,14,16,19,24,32,35,37,39-40H,6-10H2,1-2H3,(H,31,34)/t11-,14-,16-,19-,24+,29+/m0/s1. The molecule has 1 fully saturated rings. The second-order valence-electron chi connectivity index (χ2n) is 10.8. The Morgan fingerprint density at radius 1 is 1.14 bits per heavy atom. The Hall–Kier alpha value is -3.59. The summed E-state index contributed by atoms with van der Waals surface area (Å²) in [6, 6.07) is 3.45. The van der Waals surface area contributed by atoms with Crippen molar-refractivity contribution in [2.75, 3.05) is 19.6 Å². The van der Waals surface area contributed by atoms with Crippen molar-refractivity contribution in [2.24, 2.45) is 0 Å². The highest BCUT2D eigenvalue weighted by Gasteiger charge is 2.50. The molecular formula is C29H30ClNO12. The van der Waals surface area contributed by atoms with Crippen LogP contribution in [0.15, 0.2) is 18.2 Å². The average Bonchev–Trinajstić information content (AvgIpc) is 2.98. The van der Waals surface area contributed by atoms with Crippen molar-refractivity contribution in [2.45, 2.75) is 62.4 Å². The Labute approximate surface area is 249 Å². The van der Waals surface area contributed by atoms with E-state index in [2.05, 4.69) is 5.32 Å². The summed E-state index contributed by atoms with van der Waals surface area (Å²) < 4.78 is 17.1. The van der Waals surface area contributed by atoms with Crippen molar-refractivity contribution in [3.63, 3.8) is 0 Å². The number of carbonyl (C=O) groups excluding carboxylic acids is 4. The number of nitrogens with one attached hydrogen (secondary N) is 1. The van der Waals surface area contributed by atoms with Crippen molar-refractivity contribution in [3.05, 3.63) is 51.6 Å². The summed E-state index contributed by atoms with van der Waals surface area (Å²) >= 11 is 5.59. The number of ether oxygens (including phenoxy) is 3. The number of aliphatic hydroxyl groups excluding tert-OH is 2. The number of Topliss-reactive ketones (excluding diaryl/α,β-unsaturated/α-hetero) is 1. The highest BCUT2D eigenvalue weighted by atomic mass is 35.5. The van der Waals surface area contributed by atoms with Crippen LogP contribution >= 0.6 is 11.6 Å². The molecule has 0 radical (unpaired) electrons. The molecule has 0 bridgehead atoms. The number of halogens is 1. The molecule has 1 aliphatic heterocycles. The van der Waals surface area contributed by atoms with Gasteiger partial charge < -0.3 is 45.1 Å². The minimum Gasteiger partial charge on any atom is -0.507 e. The molecule has 1 heterocycles. The molecule has 2 aromatic carbocycles. The molecule has 0 aromatic heterocycles. The number of fused-ring (bicyclic) bond motifs is 3. The quantitative estimate of drug-likeness (QED) is 0.157. The van der Waals surface area contributed by atoms with Gasteiger partial charge in [-0.25, -0.2) is 0 Å². The smallest absolute Gasteiger partial charge is 0.235 e. The normalized spacial score (nSPS) is 28.0. The number of aliphatic hydroxyl groups is 3. The van der Waals surface area contributed by atoms with Gasteiger partial charge in [0.15, 0.2) is 17.9 Å². The molecule has 5 rings (SSSR count). The number of benzene rings is 2. The van der Waals surface area contributed by atoms with Crippen LogP contribution in [-0.2, 0) is 25.5 Å². The third-order valence-corrected chi connectivity index (χ3v) is 8.47. The van der Waals surface area contributed by atoms with Gasteiger partial charge in [0, 0.05) is 36.0 Å². The lowest BCUT2D eigenvalue weighted by molar-refractivity contribution is -0.249. The number of alkyl halides is 1. The Bertz CT molecular complexity index is 1530. The zero-order chi connectivity index (χ0) is 31.4. The average molecular weight is 620 g/mol. The van der Waals surface area contributed by atoms with Crippen LogP contribution in [0.1, 0.15) is 68.8 Å². The fourth-order valence-electron chi connectivity index (χ4n) is 6.10. The lowest BCUT2D eigenvalue weighted by Crippen LogP contribution is -2.56. The van der Waals surface area contributed by atoms with Crippen molar-refractivity contribution >= 4 is 34.9 Å². The molecule has 0 spiro atoms. The van der Waals surface area contributed by atoms with E-state index in [-0.39, 0.29) is 40.3 Å². The van der Waals surface area contributed by atoms with Crippen LogP contribution in [0, 0.1) is 0 Å². The summed E-state index contributed by atoms with van der Waals surface area (Å²) in [6.07, 6.45) is -5.90. The van der Waals surface area contributed by atoms with Gasteiger partial charge in [-0.15, -0.1) is 11.6 Å². The molecule has 6 atom stereocenters. The van der Waals surface area contributed by atoms with Crippen molar-refractivity contribution in [3.8, 4) is 17.2 Å². The van der Waals surface area contributed by atoms with Gasteiger partial charge >= 0.3 is 0 Å². The second-order valence-corrected chi connectivity index (χ2v) is 11.1. The monoisotopic (exact) mass is 619 g/mol. The largest absolute Gasteiger partial charge is 0.507 e. The molecule has 1 amide bonds. The predicted molar refractivity (Wildman–Crippen MR) is 146 cm³/mol. The van der Waals surface area contributed by atoms with Crippen LogP contribution in [0.3, 0.4) is 0 Å². The maximum atomic E-state index is 13.7. The molecule has 6 N–H and O–H groups in total. The third-order valence-electron chi connectivity index (χ3n) is 8.23. The van der Waals surface area contributed by atoms with Gasteiger partial charge in [0.25, 0.3) is 0 Å². The lowest BCUT2D eigenvalue weighted by atomic mass is 9.72. The molecule has 2 aliphatic carbocycles. The first-order valence-electron chi connectivity index (χ1n) is 13.4. The first kappa shape index (κ1) is 30.9. The number of ketones is 3. The molecule has 0 saturated carbocycles. The van der Waals surface area contributed by atoms with Gasteiger partial charge in [0.05, 0.1) is 42.0 Å². The van der Waals surface area contributed by atoms with Crippen molar-refractivity contribution in [1.29, 1.82) is 0 Å². The fourth-order valence-corrected chi connectivity index (χ4v) is 6.18. The zero-order valence-electron chi connectivity index (χ0n) is 23.1. The Balaban J connectivity index is 1.63. The fraction of sp³-hybridized carbons (Fsp3) is 0.448. The number of carbonyl (C=O) groups is 4. The van der Waals surface area contributed by atoms with E-state index in [1.54, 1.807) is 0 Å². The van der Waals surface area contributed by atoms with E-state index >= 15 is 0 Å². The third kappa shape index (κ3) is 5.05. The van der Waals surface area contributed by atoms with E-state index in [1.165, 1.54) is 32.2 Å². The Kier molecular flexibility index (Phi) is 8.24. The van der Waals surface area contributed by atoms with Gasteiger partial charge in [-0.1, -0.05) is 12.1 Å². The van der Waals surface area contributed by atoms with Crippen LogP contribution in [0.4, 0.5) is 0 Å².